The molecule has 0 aromatic carbocycles. The summed E-state index contributed by atoms with van der Waals surface area (Å²) in [6.07, 6.45) is 7.19. The summed E-state index contributed by atoms with van der Waals surface area (Å²) >= 11 is 0. The van der Waals surface area contributed by atoms with E-state index >= 15 is 0 Å². The number of hydrogen-bond acceptors (Lipinski definition) is 3. The van der Waals surface area contributed by atoms with Crippen LogP contribution >= 0.6 is 0 Å². The van der Waals surface area contributed by atoms with Gasteiger partial charge >= 0.3 is 0 Å². The number of rotatable bonds is 2. The molecule has 1 aliphatic heterocycles. The second kappa shape index (κ2) is 4.51. The van der Waals surface area contributed by atoms with Crippen LogP contribution < -0.4 is 5.32 Å². The van der Waals surface area contributed by atoms with E-state index in [2.05, 4.69) is 16.3 Å². The molecular weight excluding hydrogens is 186 g/mol. The van der Waals surface area contributed by atoms with Crippen molar-refractivity contribution in [1.29, 1.82) is 5.26 Å². The molecule has 84 valence electrons. The van der Waals surface area contributed by atoms with Gasteiger partial charge in [0.05, 0.1) is 6.07 Å². The van der Waals surface area contributed by atoms with Crippen LogP contribution in [-0.2, 0) is 0 Å². The average molecular weight is 207 g/mol. The van der Waals surface area contributed by atoms with Crippen LogP contribution in [0.25, 0.3) is 0 Å². The van der Waals surface area contributed by atoms with Gasteiger partial charge in [0.25, 0.3) is 0 Å². The molecule has 1 saturated heterocycles. The van der Waals surface area contributed by atoms with Crippen LogP contribution in [0.5, 0.6) is 0 Å². The second-order valence-corrected chi connectivity index (χ2v) is 4.94. The van der Waals surface area contributed by atoms with Crippen molar-refractivity contribution < 1.29 is 0 Å². The Morgan fingerprint density at radius 2 is 2.07 bits per heavy atom. The summed E-state index contributed by atoms with van der Waals surface area (Å²) in [6, 6.07) is 3.13. The molecule has 0 aromatic heterocycles. The maximum atomic E-state index is 9.27. The Morgan fingerprint density at radius 1 is 1.33 bits per heavy atom. The van der Waals surface area contributed by atoms with E-state index in [0.717, 1.165) is 12.8 Å². The van der Waals surface area contributed by atoms with Crippen LogP contribution in [0.2, 0.25) is 0 Å². The fourth-order valence-corrected chi connectivity index (χ4v) is 3.05. The summed E-state index contributed by atoms with van der Waals surface area (Å²) in [7, 11) is 1.93. The van der Waals surface area contributed by atoms with Crippen molar-refractivity contribution in [3.63, 3.8) is 0 Å². The van der Waals surface area contributed by atoms with Gasteiger partial charge in [-0.05, 0) is 58.7 Å². The lowest BCUT2D eigenvalue weighted by Gasteiger charge is -2.39. The van der Waals surface area contributed by atoms with Crippen molar-refractivity contribution in [2.24, 2.45) is 0 Å². The smallest absolute Gasteiger partial charge is 0.108 e. The SMILES string of the molecule is CNC1(C#N)CCCC(N2CCCC2)C1. The highest BCUT2D eigenvalue weighted by Crippen LogP contribution is 2.32. The Morgan fingerprint density at radius 3 is 2.67 bits per heavy atom. The van der Waals surface area contributed by atoms with E-state index in [1.165, 1.54) is 38.8 Å². The van der Waals surface area contributed by atoms with Gasteiger partial charge < -0.3 is 10.2 Å². The molecule has 3 heteroatoms. The van der Waals surface area contributed by atoms with Gasteiger partial charge in [0.1, 0.15) is 5.54 Å². The zero-order valence-corrected chi connectivity index (χ0v) is 9.63. The minimum atomic E-state index is -0.245. The number of likely N-dealkylation sites (tertiary alicyclic amines) is 1. The predicted octanol–water partition coefficient (Wildman–Crippen LogP) is 1.51. The summed E-state index contributed by atoms with van der Waals surface area (Å²) in [5, 5.41) is 12.5. The Bertz CT molecular complexity index is 252. The van der Waals surface area contributed by atoms with Gasteiger partial charge in [-0.3, -0.25) is 0 Å². The molecule has 0 aromatic rings. The van der Waals surface area contributed by atoms with Crippen molar-refractivity contribution in [2.45, 2.75) is 50.1 Å². The monoisotopic (exact) mass is 207 g/mol. The van der Waals surface area contributed by atoms with Crippen LogP contribution in [-0.4, -0.2) is 36.6 Å². The molecule has 1 heterocycles. The normalized spacial score (nSPS) is 37.7. The molecule has 0 bridgehead atoms. The first-order valence-electron chi connectivity index (χ1n) is 6.14. The summed E-state index contributed by atoms with van der Waals surface area (Å²) in [6.45, 7) is 2.49. The summed E-state index contributed by atoms with van der Waals surface area (Å²) in [5.74, 6) is 0. The van der Waals surface area contributed by atoms with Crippen LogP contribution in [0.1, 0.15) is 38.5 Å². The molecule has 1 aliphatic carbocycles. The summed E-state index contributed by atoms with van der Waals surface area (Å²) in [4.78, 5) is 2.59. The van der Waals surface area contributed by atoms with Gasteiger partial charge in [-0.15, -0.1) is 0 Å². The molecular formula is C12H21N3. The highest BCUT2D eigenvalue weighted by atomic mass is 15.2. The fraction of sp³-hybridized carbons (Fsp3) is 0.917. The molecule has 2 unspecified atom stereocenters. The third kappa shape index (κ3) is 2.16. The van der Waals surface area contributed by atoms with E-state index in [-0.39, 0.29) is 5.54 Å². The Labute approximate surface area is 92.4 Å². The van der Waals surface area contributed by atoms with Crippen LogP contribution in [0, 0.1) is 11.3 Å². The molecule has 0 spiro atoms. The summed E-state index contributed by atoms with van der Waals surface area (Å²) < 4.78 is 0. The maximum absolute atomic E-state index is 9.27. The maximum Gasteiger partial charge on any atom is 0.108 e. The van der Waals surface area contributed by atoms with Crippen molar-refractivity contribution >= 4 is 0 Å². The van der Waals surface area contributed by atoms with Crippen molar-refractivity contribution in [1.82, 2.24) is 10.2 Å². The fourth-order valence-electron chi connectivity index (χ4n) is 3.05. The molecule has 2 aliphatic rings. The van der Waals surface area contributed by atoms with E-state index < -0.39 is 0 Å². The summed E-state index contributed by atoms with van der Waals surface area (Å²) in [5.41, 5.74) is -0.245. The number of hydrogen-bond donors (Lipinski definition) is 1. The molecule has 2 fully saturated rings. The Hall–Kier alpha value is -0.590. The standard InChI is InChI=1S/C12H21N3/c1-14-12(10-13)6-4-5-11(9-12)15-7-2-3-8-15/h11,14H,2-9H2,1H3. The Kier molecular flexibility index (Phi) is 3.28. The van der Waals surface area contributed by atoms with E-state index in [4.69, 9.17) is 0 Å². The van der Waals surface area contributed by atoms with E-state index in [9.17, 15) is 5.26 Å². The van der Waals surface area contributed by atoms with Gasteiger partial charge in [-0.1, -0.05) is 0 Å². The van der Waals surface area contributed by atoms with Gasteiger partial charge in [-0.2, -0.15) is 5.26 Å². The van der Waals surface area contributed by atoms with E-state index in [1.54, 1.807) is 0 Å². The number of nitrogens with one attached hydrogen (secondary N) is 1. The number of nitriles is 1. The lowest BCUT2D eigenvalue weighted by Crippen LogP contribution is -2.51. The zero-order chi connectivity index (χ0) is 10.7. The first-order chi connectivity index (χ1) is 7.29. The minimum absolute atomic E-state index is 0.245. The topological polar surface area (TPSA) is 39.1 Å². The molecule has 15 heavy (non-hydrogen) atoms. The zero-order valence-electron chi connectivity index (χ0n) is 9.63. The first kappa shape index (κ1) is 10.9. The van der Waals surface area contributed by atoms with Crippen molar-refractivity contribution in [2.75, 3.05) is 20.1 Å². The third-order valence-corrected chi connectivity index (χ3v) is 4.07. The van der Waals surface area contributed by atoms with E-state index in [0.29, 0.717) is 6.04 Å². The van der Waals surface area contributed by atoms with E-state index in [1.807, 2.05) is 7.05 Å². The Balaban J connectivity index is 2.00. The molecule has 1 saturated carbocycles. The van der Waals surface area contributed by atoms with Gasteiger partial charge in [0.15, 0.2) is 0 Å². The lowest BCUT2D eigenvalue weighted by atomic mass is 9.79. The highest BCUT2D eigenvalue weighted by molar-refractivity contribution is 5.10. The quantitative estimate of drug-likeness (QED) is 0.746. The van der Waals surface area contributed by atoms with Crippen LogP contribution in [0.15, 0.2) is 0 Å². The molecule has 1 N–H and O–H groups in total. The molecule has 0 radical (unpaired) electrons. The highest BCUT2D eigenvalue weighted by Gasteiger charge is 2.37. The number of nitrogens with zero attached hydrogens (tertiary/aromatic N) is 2. The van der Waals surface area contributed by atoms with Crippen LogP contribution in [0.3, 0.4) is 0 Å². The first-order valence-corrected chi connectivity index (χ1v) is 6.14. The van der Waals surface area contributed by atoms with Crippen molar-refractivity contribution in [3.8, 4) is 6.07 Å². The van der Waals surface area contributed by atoms with Gasteiger partial charge in [0, 0.05) is 6.04 Å². The lowest BCUT2D eigenvalue weighted by molar-refractivity contribution is 0.147. The molecule has 2 atom stereocenters. The van der Waals surface area contributed by atoms with Gasteiger partial charge in [0.2, 0.25) is 0 Å². The molecule has 3 nitrogen and oxygen atoms in total. The predicted molar refractivity (Wildman–Crippen MR) is 60.5 cm³/mol. The molecule has 0 amide bonds. The van der Waals surface area contributed by atoms with Crippen LogP contribution in [0.4, 0.5) is 0 Å². The average Bonchev–Trinajstić information content (AvgIpc) is 2.82. The minimum Gasteiger partial charge on any atom is -0.302 e. The van der Waals surface area contributed by atoms with Gasteiger partial charge in [-0.25, -0.2) is 0 Å². The molecule has 2 rings (SSSR count). The third-order valence-electron chi connectivity index (χ3n) is 4.07. The largest absolute Gasteiger partial charge is 0.302 e. The van der Waals surface area contributed by atoms with Crippen molar-refractivity contribution in [3.05, 3.63) is 0 Å². The second-order valence-electron chi connectivity index (χ2n) is 4.94.